The summed E-state index contributed by atoms with van der Waals surface area (Å²) in [7, 11) is 1.60. The van der Waals surface area contributed by atoms with Crippen LogP contribution < -0.4 is 24.8 Å². The summed E-state index contributed by atoms with van der Waals surface area (Å²) >= 11 is 0. The first-order chi connectivity index (χ1) is 13.8. The lowest BCUT2D eigenvalue weighted by Crippen LogP contribution is -2.38. The van der Waals surface area contributed by atoms with Crippen LogP contribution >= 0.6 is 24.0 Å². The average Bonchev–Trinajstić information content (AvgIpc) is 2.71. The maximum atomic E-state index is 11.6. The summed E-state index contributed by atoms with van der Waals surface area (Å²) in [6, 6.07) is 3.64. The lowest BCUT2D eigenvalue weighted by atomic mass is 9.98. The Balaban J connectivity index is 0.00000450. The molecule has 11 heteroatoms. The number of anilines is 1. The second-order valence-electron chi connectivity index (χ2n) is 6.86. The van der Waals surface area contributed by atoms with Crippen LogP contribution in [0.25, 0.3) is 0 Å². The van der Waals surface area contributed by atoms with Crippen molar-refractivity contribution in [3.8, 4) is 17.2 Å². The summed E-state index contributed by atoms with van der Waals surface area (Å²) in [4.78, 5) is 4.69. The Labute approximate surface area is 196 Å². The molecule has 1 aromatic carbocycles. The number of sulfonamides is 1. The second kappa shape index (κ2) is 12.4. The molecule has 0 spiro atoms. The quantitative estimate of drug-likeness (QED) is 0.288. The maximum Gasteiger partial charge on any atom is 0.211 e. The van der Waals surface area contributed by atoms with Crippen LogP contribution in [0, 0.1) is 5.92 Å². The van der Waals surface area contributed by atoms with Gasteiger partial charge in [-0.1, -0.05) is 0 Å². The molecule has 9 nitrogen and oxygen atoms in total. The smallest absolute Gasteiger partial charge is 0.211 e. The fraction of sp³-hybridized carbons (Fsp3) is 0.632. The lowest BCUT2D eigenvalue weighted by molar-refractivity contribution is 0.280. The van der Waals surface area contributed by atoms with Gasteiger partial charge in [0.2, 0.25) is 15.8 Å². The summed E-state index contributed by atoms with van der Waals surface area (Å²) in [5.41, 5.74) is 0.756. The number of hydrogen-bond acceptors (Lipinski definition) is 6. The number of nitrogens with one attached hydrogen (secondary N) is 2. The summed E-state index contributed by atoms with van der Waals surface area (Å²) in [6.07, 6.45) is 2.87. The molecule has 0 atom stereocenters. The number of piperidine rings is 1. The van der Waals surface area contributed by atoms with E-state index in [1.54, 1.807) is 21.3 Å². The first kappa shape index (κ1) is 26.6. The highest BCUT2D eigenvalue weighted by atomic mass is 127. The third-order valence-electron chi connectivity index (χ3n) is 4.82. The van der Waals surface area contributed by atoms with Crippen molar-refractivity contribution in [2.45, 2.75) is 19.8 Å². The number of guanidine groups is 1. The summed E-state index contributed by atoms with van der Waals surface area (Å²) in [5, 5.41) is 6.50. The normalized spacial score (nSPS) is 15.8. The topological polar surface area (TPSA) is 101 Å². The molecule has 0 unspecified atom stereocenters. The highest BCUT2D eigenvalue weighted by Crippen LogP contribution is 2.39. The van der Waals surface area contributed by atoms with Crippen molar-refractivity contribution < 1.29 is 22.6 Å². The summed E-state index contributed by atoms with van der Waals surface area (Å²) < 4.78 is 41.0. The molecule has 172 valence electrons. The molecule has 1 saturated heterocycles. The first-order valence-electron chi connectivity index (χ1n) is 9.62. The van der Waals surface area contributed by atoms with Crippen molar-refractivity contribution in [1.82, 2.24) is 9.62 Å². The molecule has 1 fully saturated rings. The Morgan fingerprint density at radius 1 is 1.13 bits per heavy atom. The van der Waals surface area contributed by atoms with E-state index in [2.05, 4.69) is 15.6 Å². The lowest BCUT2D eigenvalue weighted by Gasteiger charge is -2.29. The van der Waals surface area contributed by atoms with Crippen LogP contribution in [-0.4, -0.2) is 72.4 Å². The molecule has 0 aliphatic carbocycles. The van der Waals surface area contributed by atoms with E-state index in [1.165, 1.54) is 10.6 Å². The SMILES string of the molecule is CCNC(=NCC1CCN(S(C)(=O)=O)CC1)Nc1cc(OC)c(OC)c(OC)c1.I. The number of ether oxygens (including phenoxy) is 3. The number of methoxy groups -OCH3 is 3. The molecule has 0 saturated carbocycles. The number of nitrogens with zero attached hydrogens (tertiary/aromatic N) is 2. The molecule has 30 heavy (non-hydrogen) atoms. The zero-order valence-electron chi connectivity index (χ0n) is 18.2. The third kappa shape index (κ3) is 7.34. The molecule has 1 aliphatic heterocycles. The van der Waals surface area contributed by atoms with Gasteiger partial charge < -0.3 is 24.8 Å². The molecule has 1 aromatic rings. The van der Waals surface area contributed by atoms with Gasteiger partial charge in [0.05, 0.1) is 27.6 Å². The highest BCUT2D eigenvalue weighted by molar-refractivity contribution is 14.0. The van der Waals surface area contributed by atoms with E-state index in [0.717, 1.165) is 18.5 Å². The molecule has 0 aromatic heterocycles. The molecule has 1 heterocycles. The minimum absolute atomic E-state index is 0. The molecular formula is C19H33IN4O5S. The largest absolute Gasteiger partial charge is 0.493 e. The van der Waals surface area contributed by atoms with Crippen LogP contribution in [0.5, 0.6) is 17.2 Å². The van der Waals surface area contributed by atoms with Gasteiger partial charge in [0.1, 0.15) is 0 Å². The van der Waals surface area contributed by atoms with Crippen molar-refractivity contribution >= 4 is 45.6 Å². The molecule has 0 radical (unpaired) electrons. The number of halogens is 1. The third-order valence-corrected chi connectivity index (χ3v) is 6.12. The van der Waals surface area contributed by atoms with Gasteiger partial charge in [-0.2, -0.15) is 0 Å². The van der Waals surface area contributed by atoms with Crippen LogP contribution in [0.2, 0.25) is 0 Å². The first-order valence-corrected chi connectivity index (χ1v) is 11.5. The van der Waals surface area contributed by atoms with Crippen molar-refractivity contribution in [3.05, 3.63) is 12.1 Å². The van der Waals surface area contributed by atoms with Crippen LogP contribution in [0.1, 0.15) is 19.8 Å². The average molecular weight is 556 g/mol. The van der Waals surface area contributed by atoms with E-state index in [4.69, 9.17) is 14.2 Å². The Kier molecular flexibility index (Phi) is 11.0. The zero-order chi connectivity index (χ0) is 21.4. The minimum atomic E-state index is -3.11. The van der Waals surface area contributed by atoms with E-state index in [9.17, 15) is 8.42 Å². The Hall–Kier alpha value is -1.47. The predicted octanol–water partition coefficient (Wildman–Crippen LogP) is 2.38. The molecule has 0 bridgehead atoms. The van der Waals surface area contributed by atoms with Gasteiger partial charge >= 0.3 is 0 Å². The van der Waals surface area contributed by atoms with Gasteiger partial charge in [0.25, 0.3) is 0 Å². The number of benzene rings is 1. The molecule has 1 aliphatic rings. The monoisotopic (exact) mass is 556 g/mol. The number of rotatable bonds is 8. The maximum absolute atomic E-state index is 11.6. The molecular weight excluding hydrogens is 523 g/mol. The highest BCUT2D eigenvalue weighted by Gasteiger charge is 2.24. The van der Waals surface area contributed by atoms with Crippen LogP contribution in [0.15, 0.2) is 17.1 Å². The number of hydrogen-bond donors (Lipinski definition) is 2. The van der Waals surface area contributed by atoms with Gasteiger partial charge in [0.15, 0.2) is 17.5 Å². The van der Waals surface area contributed by atoms with Crippen LogP contribution in [0.3, 0.4) is 0 Å². The molecule has 2 rings (SSSR count). The van der Waals surface area contributed by atoms with Crippen molar-refractivity contribution in [2.75, 3.05) is 59.1 Å². The molecule has 0 amide bonds. The van der Waals surface area contributed by atoms with Gasteiger partial charge in [-0.05, 0) is 25.7 Å². The minimum Gasteiger partial charge on any atom is -0.493 e. The van der Waals surface area contributed by atoms with E-state index < -0.39 is 10.0 Å². The fourth-order valence-corrected chi connectivity index (χ4v) is 4.12. The Morgan fingerprint density at radius 3 is 2.13 bits per heavy atom. The fourth-order valence-electron chi connectivity index (χ4n) is 3.24. The second-order valence-corrected chi connectivity index (χ2v) is 8.85. The van der Waals surface area contributed by atoms with Crippen molar-refractivity contribution in [1.29, 1.82) is 0 Å². The van der Waals surface area contributed by atoms with Gasteiger partial charge in [0, 0.05) is 44.0 Å². The van der Waals surface area contributed by atoms with Crippen molar-refractivity contribution in [3.63, 3.8) is 0 Å². The zero-order valence-corrected chi connectivity index (χ0v) is 21.4. The van der Waals surface area contributed by atoms with Crippen LogP contribution in [-0.2, 0) is 10.0 Å². The van der Waals surface area contributed by atoms with Crippen molar-refractivity contribution in [2.24, 2.45) is 10.9 Å². The van der Waals surface area contributed by atoms with E-state index in [-0.39, 0.29) is 24.0 Å². The summed E-state index contributed by atoms with van der Waals surface area (Å²) in [5.74, 6) is 2.63. The van der Waals surface area contributed by atoms with Gasteiger partial charge in [-0.15, -0.1) is 24.0 Å². The molecule has 2 N–H and O–H groups in total. The Bertz CT molecular complexity index is 786. The Morgan fingerprint density at radius 2 is 1.70 bits per heavy atom. The van der Waals surface area contributed by atoms with Gasteiger partial charge in [-0.3, -0.25) is 4.99 Å². The predicted molar refractivity (Wildman–Crippen MR) is 130 cm³/mol. The van der Waals surface area contributed by atoms with Gasteiger partial charge in [-0.25, -0.2) is 12.7 Å². The number of aliphatic imine (C=N–C) groups is 1. The summed E-state index contributed by atoms with van der Waals surface area (Å²) in [6.45, 7) is 4.43. The van der Waals surface area contributed by atoms with E-state index in [0.29, 0.717) is 55.3 Å². The van der Waals surface area contributed by atoms with E-state index in [1.807, 2.05) is 19.1 Å². The standard InChI is InChI=1S/C19H32N4O5S.HI/c1-6-20-19(21-13-14-7-9-23(10-8-14)29(5,24)25)22-15-11-16(26-2)18(28-4)17(12-15)27-3;/h11-12,14H,6-10,13H2,1-5H3,(H2,20,21,22);1H. The van der Waals surface area contributed by atoms with E-state index >= 15 is 0 Å². The van der Waals surface area contributed by atoms with Crippen LogP contribution in [0.4, 0.5) is 5.69 Å².